The average molecular weight is 378 g/mol. The molecule has 2 aromatic heterocycles. The van der Waals surface area contributed by atoms with E-state index in [1.807, 2.05) is 42.5 Å². The molecule has 0 saturated heterocycles. The predicted molar refractivity (Wildman–Crippen MR) is 106 cm³/mol. The van der Waals surface area contributed by atoms with Gasteiger partial charge in [-0.05, 0) is 43.3 Å². The third-order valence-corrected chi connectivity index (χ3v) is 4.47. The number of aromatic nitrogens is 2. The molecule has 0 radical (unpaired) electrons. The smallest absolute Gasteiger partial charge is 0.230 e. The molecule has 134 valence electrons. The van der Waals surface area contributed by atoms with E-state index in [9.17, 15) is 4.79 Å². The number of carbonyl (C=O) groups excluding carboxylic acids is 1. The lowest BCUT2D eigenvalue weighted by Crippen LogP contribution is -2.15. The molecule has 0 atom stereocenters. The van der Waals surface area contributed by atoms with E-state index < -0.39 is 0 Å². The summed E-state index contributed by atoms with van der Waals surface area (Å²) in [6.07, 6.45) is 1.82. The van der Waals surface area contributed by atoms with E-state index in [4.69, 9.17) is 16.0 Å². The van der Waals surface area contributed by atoms with Crippen LogP contribution in [0.2, 0.25) is 5.02 Å². The number of para-hydroxylation sites is 1. The van der Waals surface area contributed by atoms with E-state index in [-0.39, 0.29) is 12.3 Å². The number of hydrogen-bond acceptors (Lipinski definition) is 4. The predicted octanol–water partition coefficient (Wildman–Crippen LogP) is 5.03. The van der Waals surface area contributed by atoms with Gasteiger partial charge in [0.05, 0.1) is 23.3 Å². The maximum Gasteiger partial charge on any atom is 0.230 e. The van der Waals surface area contributed by atoms with Gasteiger partial charge in [-0.2, -0.15) is 0 Å². The third kappa shape index (κ3) is 3.68. The van der Waals surface area contributed by atoms with Gasteiger partial charge < -0.3 is 9.73 Å². The van der Waals surface area contributed by atoms with E-state index in [0.717, 1.165) is 16.5 Å². The minimum atomic E-state index is -0.174. The number of oxazole rings is 1. The Labute approximate surface area is 161 Å². The Hall–Kier alpha value is -3.18. The molecule has 0 unspecified atom stereocenters. The second-order valence-electron chi connectivity index (χ2n) is 6.13. The summed E-state index contributed by atoms with van der Waals surface area (Å²) in [5, 5.41) is 4.53. The topological polar surface area (TPSA) is 68.0 Å². The Bertz CT molecular complexity index is 1110. The highest BCUT2D eigenvalue weighted by atomic mass is 35.5. The highest BCUT2D eigenvalue weighted by molar-refractivity contribution is 6.30. The Morgan fingerprint density at radius 1 is 1.11 bits per heavy atom. The Morgan fingerprint density at radius 2 is 1.89 bits per heavy atom. The van der Waals surface area contributed by atoms with Gasteiger partial charge >= 0.3 is 0 Å². The summed E-state index contributed by atoms with van der Waals surface area (Å²) < 4.78 is 5.72. The van der Waals surface area contributed by atoms with Crippen molar-refractivity contribution in [2.24, 2.45) is 0 Å². The zero-order valence-corrected chi connectivity index (χ0v) is 15.3. The first-order valence-electron chi connectivity index (χ1n) is 8.46. The van der Waals surface area contributed by atoms with Gasteiger partial charge in [0.1, 0.15) is 5.76 Å². The van der Waals surface area contributed by atoms with E-state index in [1.54, 1.807) is 25.3 Å². The van der Waals surface area contributed by atoms with E-state index in [0.29, 0.717) is 28.1 Å². The number of anilines is 1. The monoisotopic (exact) mass is 377 g/mol. The zero-order valence-electron chi connectivity index (χ0n) is 14.6. The molecule has 4 rings (SSSR count). The number of aryl methyl sites for hydroxylation is 1. The summed E-state index contributed by atoms with van der Waals surface area (Å²) in [6, 6.07) is 16.7. The first-order valence-corrected chi connectivity index (χ1v) is 8.84. The summed E-state index contributed by atoms with van der Waals surface area (Å²) in [4.78, 5) is 21.3. The van der Waals surface area contributed by atoms with E-state index in [1.165, 1.54) is 0 Å². The molecule has 27 heavy (non-hydrogen) atoms. The third-order valence-electron chi connectivity index (χ3n) is 4.22. The fourth-order valence-electron chi connectivity index (χ4n) is 2.86. The molecule has 2 aromatic carbocycles. The van der Waals surface area contributed by atoms with Crippen LogP contribution in [0.5, 0.6) is 0 Å². The Kier molecular flexibility index (Phi) is 4.60. The average Bonchev–Trinajstić information content (AvgIpc) is 3.03. The summed E-state index contributed by atoms with van der Waals surface area (Å²) in [5.74, 6) is 0.914. The molecular formula is C21H16ClN3O2. The molecule has 0 aliphatic rings. The van der Waals surface area contributed by atoms with Crippen LogP contribution >= 0.6 is 11.6 Å². The van der Waals surface area contributed by atoms with Gasteiger partial charge in [0, 0.05) is 22.2 Å². The van der Waals surface area contributed by atoms with Crippen molar-refractivity contribution in [3.63, 3.8) is 0 Å². The fraction of sp³-hybridized carbons (Fsp3) is 0.0952. The quantitative estimate of drug-likeness (QED) is 0.541. The van der Waals surface area contributed by atoms with Crippen LogP contribution in [0, 0.1) is 6.92 Å². The zero-order chi connectivity index (χ0) is 18.8. The molecule has 0 fully saturated rings. The lowest BCUT2D eigenvalue weighted by atomic mass is 10.2. The maximum atomic E-state index is 12.5. The molecule has 2 heterocycles. The summed E-state index contributed by atoms with van der Waals surface area (Å²) in [6.45, 7) is 1.80. The van der Waals surface area contributed by atoms with Crippen LogP contribution in [0.3, 0.4) is 0 Å². The normalized spacial score (nSPS) is 10.9. The van der Waals surface area contributed by atoms with Crippen molar-refractivity contribution in [2.45, 2.75) is 13.3 Å². The van der Waals surface area contributed by atoms with Gasteiger partial charge in [0.25, 0.3) is 0 Å². The Morgan fingerprint density at radius 3 is 2.70 bits per heavy atom. The van der Waals surface area contributed by atoms with Crippen molar-refractivity contribution in [1.82, 2.24) is 9.97 Å². The van der Waals surface area contributed by atoms with Crippen LogP contribution in [0.25, 0.3) is 22.4 Å². The number of nitrogens with zero attached hydrogens (tertiary/aromatic N) is 2. The minimum absolute atomic E-state index is 0.117. The van der Waals surface area contributed by atoms with Crippen molar-refractivity contribution in [1.29, 1.82) is 0 Å². The van der Waals surface area contributed by atoms with Gasteiger partial charge in [-0.1, -0.05) is 29.8 Å². The lowest BCUT2D eigenvalue weighted by molar-refractivity contribution is -0.115. The number of fused-ring (bicyclic) bond motifs is 1. The highest BCUT2D eigenvalue weighted by Gasteiger charge is 2.15. The van der Waals surface area contributed by atoms with Crippen LogP contribution in [0.1, 0.15) is 11.5 Å². The molecule has 0 aliphatic heterocycles. The van der Waals surface area contributed by atoms with Gasteiger partial charge in [0.2, 0.25) is 11.8 Å². The molecule has 0 spiro atoms. The first-order chi connectivity index (χ1) is 13.1. The molecule has 0 saturated carbocycles. The summed E-state index contributed by atoms with van der Waals surface area (Å²) >= 11 is 5.91. The van der Waals surface area contributed by atoms with Crippen molar-refractivity contribution >= 4 is 34.1 Å². The largest absolute Gasteiger partial charge is 0.441 e. The van der Waals surface area contributed by atoms with Gasteiger partial charge in [-0.15, -0.1) is 0 Å². The van der Waals surface area contributed by atoms with Gasteiger partial charge in [-0.3, -0.25) is 9.78 Å². The van der Waals surface area contributed by atoms with Crippen LogP contribution < -0.4 is 5.32 Å². The molecular weight excluding hydrogens is 362 g/mol. The number of amides is 1. The highest BCUT2D eigenvalue weighted by Crippen LogP contribution is 2.24. The number of hydrogen-bond donors (Lipinski definition) is 1. The SMILES string of the molecule is Cc1oc(-c2ccc(Cl)cc2)nc1CC(=O)Nc1cccc2cccnc12. The van der Waals surface area contributed by atoms with Gasteiger partial charge in [-0.25, -0.2) is 4.98 Å². The molecule has 6 heteroatoms. The van der Waals surface area contributed by atoms with Crippen molar-refractivity contribution < 1.29 is 9.21 Å². The molecule has 0 bridgehead atoms. The minimum Gasteiger partial charge on any atom is -0.441 e. The fourth-order valence-corrected chi connectivity index (χ4v) is 2.99. The van der Waals surface area contributed by atoms with Crippen LogP contribution in [0.4, 0.5) is 5.69 Å². The molecule has 1 N–H and O–H groups in total. The van der Waals surface area contributed by atoms with Crippen molar-refractivity contribution in [3.8, 4) is 11.5 Å². The second kappa shape index (κ2) is 7.21. The first kappa shape index (κ1) is 17.2. The standard InChI is InChI=1S/C21H16ClN3O2/c1-13-18(25-21(27-13)15-7-9-16(22)10-8-15)12-19(26)24-17-6-2-4-14-5-3-11-23-20(14)17/h2-11H,12H2,1H3,(H,24,26). The number of halogens is 1. The number of benzene rings is 2. The lowest BCUT2D eigenvalue weighted by Gasteiger charge is -2.07. The molecule has 1 amide bonds. The molecule has 0 aliphatic carbocycles. The van der Waals surface area contributed by atoms with Gasteiger partial charge in [0.15, 0.2) is 0 Å². The van der Waals surface area contributed by atoms with Crippen molar-refractivity contribution in [3.05, 3.63) is 77.3 Å². The number of nitrogens with one attached hydrogen (secondary N) is 1. The molecule has 5 nitrogen and oxygen atoms in total. The second-order valence-corrected chi connectivity index (χ2v) is 6.57. The van der Waals surface area contributed by atoms with E-state index in [2.05, 4.69) is 15.3 Å². The Balaban J connectivity index is 1.54. The number of rotatable bonds is 4. The summed E-state index contributed by atoms with van der Waals surface area (Å²) in [7, 11) is 0. The van der Waals surface area contributed by atoms with Crippen LogP contribution in [0.15, 0.2) is 65.2 Å². The molecule has 4 aromatic rings. The number of pyridine rings is 1. The van der Waals surface area contributed by atoms with Crippen LogP contribution in [-0.4, -0.2) is 15.9 Å². The number of carbonyl (C=O) groups is 1. The van der Waals surface area contributed by atoms with Crippen molar-refractivity contribution in [2.75, 3.05) is 5.32 Å². The summed E-state index contributed by atoms with van der Waals surface area (Å²) in [5.41, 5.74) is 2.85. The van der Waals surface area contributed by atoms with Crippen LogP contribution in [-0.2, 0) is 11.2 Å². The maximum absolute atomic E-state index is 12.5. The van der Waals surface area contributed by atoms with E-state index >= 15 is 0 Å².